The molecule has 0 unspecified atom stereocenters. The first-order chi connectivity index (χ1) is 13.2. The number of benzene rings is 3. The summed E-state index contributed by atoms with van der Waals surface area (Å²) in [4.78, 5) is 6.07. The molecule has 5 heteroatoms. The van der Waals surface area contributed by atoms with Crippen LogP contribution in [0.15, 0.2) is 76.6 Å². The molecule has 0 N–H and O–H groups in total. The molecule has 0 fully saturated rings. The smallest absolute Gasteiger partial charge is 0.128 e. The van der Waals surface area contributed by atoms with Crippen LogP contribution in [0, 0.1) is 11.7 Å². The summed E-state index contributed by atoms with van der Waals surface area (Å²) in [5.41, 5.74) is 3.69. The van der Waals surface area contributed by atoms with E-state index in [2.05, 4.69) is 6.07 Å². The first kappa shape index (κ1) is 16.8. The van der Waals surface area contributed by atoms with Crippen LogP contribution >= 0.6 is 23.4 Å². The van der Waals surface area contributed by atoms with Gasteiger partial charge in [-0.05, 0) is 48.0 Å². The number of para-hydroxylation sites is 1. The zero-order valence-electron chi connectivity index (χ0n) is 14.2. The summed E-state index contributed by atoms with van der Waals surface area (Å²) >= 11 is 7.86. The van der Waals surface area contributed by atoms with E-state index < -0.39 is 0 Å². The van der Waals surface area contributed by atoms with Gasteiger partial charge in [0.25, 0.3) is 0 Å². The van der Waals surface area contributed by atoms with Gasteiger partial charge in [-0.25, -0.2) is 4.39 Å². The lowest BCUT2D eigenvalue weighted by Gasteiger charge is -2.31. The lowest BCUT2D eigenvalue weighted by atomic mass is 9.88. The summed E-state index contributed by atoms with van der Waals surface area (Å²) in [7, 11) is 0. The van der Waals surface area contributed by atoms with Crippen molar-refractivity contribution in [2.24, 2.45) is 10.9 Å². The lowest BCUT2D eigenvalue weighted by molar-refractivity contribution is 0.271. The zero-order chi connectivity index (χ0) is 18.4. The van der Waals surface area contributed by atoms with Gasteiger partial charge in [0.2, 0.25) is 0 Å². The molecule has 0 saturated heterocycles. The van der Waals surface area contributed by atoms with E-state index in [-0.39, 0.29) is 17.0 Å². The van der Waals surface area contributed by atoms with Crippen molar-refractivity contribution in [3.8, 4) is 5.75 Å². The van der Waals surface area contributed by atoms with Crippen molar-refractivity contribution in [3.05, 3.63) is 88.7 Å². The Morgan fingerprint density at radius 3 is 2.70 bits per heavy atom. The second-order valence-corrected chi connectivity index (χ2v) is 8.23. The molecule has 134 valence electrons. The van der Waals surface area contributed by atoms with Gasteiger partial charge < -0.3 is 4.74 Å². The highest BCUT2D eigenvalue weighted by Gasteiger charge is 2.37. The fourth-order valence-electron chi connectivity index (χ4n) is 3.61. The Balaban J connectivity index is 1.71. The quantitative estimate of drug-likeness (QED) is 0.471. The molecule has 0 bridgehead atoms. The third-order valence-corrected chi connectivity index (χ3v) is 6.62. The van der Waals surface area contributed by atoms with E-state index in [4.69, 9.17) is 21.3 Å². The molecule has 27 heavy (non-hydrogen) atoms. The Morgan fingerprint density at radius 1 is 1.04 bits per heavy atom. The molecule has 0 saturated carbocycles. The molecule has 2 aliphatic heterocycles. The highest BCUT2D eigenvalue weighted by Crippen LogP contribution is 2.50. The van der Waals surface area contributed by atoms with Crippen LogP contribution in [-0.4, -0.2) is 12.3 Å². The first-order valence-electron chi connectivity index (χ1n) is 8.71. The average Bonchev–Trinajstić information content (AvgIpc) is 2.85. The molecule has 0 spiro atoms. The summed E-state index contributed by atoms with van der Waals surface area (Å²) < 4.78 is 20.0. The number of hydrogen-bond acceptors (Lipinski definition) is 3. The van der Waals surface area contributed by atoms with Crippen LogP contribution in [0.4, 0.5) is 10.1 Å². The van der Waals surface area contributed by atoms with Crippen LogP contribution in [0.5, 0.6) is 5.75 Å². The summed E-state index contributed by atoms with van der Waals surface area (Å²) in [6.45, 7) is 0.506. The minimum atomic E-state index is -0.283. The molecule has 0 radical (unpaired) electrons. The third-order valence-electron chi connectivity index (χ3n) is 4.91. The van der Waals surface area contributed by atoms with Crippen molar-refractivity contribution in [1.29, 1.82) is 0 Å². The van der Waals surface area contributed by atoms with Gasteiger partial charge in [0.15, 0.2) is 0 Å². The molecular formula is C22H15ClFNOS. The number of ether oxygens (including phenoxy) is 1. The van der Waals surface area contributed by atoms with E-state index in [1.807, 2.05) is 42.5 Å². The maximum atomic E-state index is 14.0. The highest BCUT2D eigenvalue weighted by molar-refractivity contribution is 7.99. The molecule has 2 atom stereocenters. The van der Waals surface area contributed by atoms with E-state index in [1.165, 1.54) is 12.1 Å². The predicted octanol–water partition coefficient (Wildman–Crippen LogP) is 6.46. The standard InChI is InChI=1S/C22H15ClFNOS/c23-14-7-5-13(6-8-14)22-17-12-26-19-10-9-15(24)11-16(19)21(17)25-18-3-1-2-4-20(18)27-22/h1-11,17,22H,12H2/t17-,22-/m1/s1. The first-order valence-corrected chi connectivity index (χ1v) is 9.97. The number of halogens is 2. The van der Waals surface area contributed by atoms with Crippen molar-refractivity contribution >= 4 is 34.8 Å². The fourth-order valence-corrected chi connectivity index (χ4v) is 5.07. The molecule has 5 rings (SSSR count). The van der Waals surface area contributed by atoms with Gasteiger partial charge in [-0.2, -0.15) is 0 Å². The Morgan fingerprint density at radius 2 is 1.85 bits per heavy atom. The van der Waals surface area contributed by atoms with Crippen LogP contribution in [0.25, 0.3) is 0 Å². The van der Waals surface area contributed by atoms with Crippen molar-refractivity contribution in [2.45, 2.75) is 10.1 Å². The summed E-state index contributed by atoms with van der Waals surface area (Å²) in [5.74, 6) is 0.414. The second kappa shape index (κ2) is 6.70. The number of nitrogens with zero attached hydrogens (tertiary/aromatic N) is 1. The minimum Gasteiger partial charge on any atom is -0.492 e. The van der Waals surface area contributed by atoms with Gasteiger partial charge in [-0.3, -0.25) is 4.99 Å². The normalized spacial score (nSPS) is 20.4. The van der Waals surface area contributed by atoms with E-state index in [0.717, 1.165) is 27.4 Å². The minimum absolute atomic E-state index is 0.0119. The van der Waals surface area contributed by atoms with Crippen LogP contribution in [0.2, 0.25) is 5.02 Å². The van der Waals surface area contributed by atoms with Gasteiger partial charge in [-0.1, -0.05) is 35.9 Å². The summed E-state index contributed by atoms with van der Waals surface area (Å²) in [6.07, 6.45) is 0. The third kappa shape index (κ3) is 3.03. The molecular weight excluding hydrogens is 381 g/mol. The number of aliphatic imine (C=N–C) groups is 1. The van der Waals surface area contributed by atoms with Crippen LogP contribution < -0.4 is 4.74 Å². The molecule has 3 aromatic rings. The van der Waals surface area contributed by atoms with E-state index in [0.29, 0.717) is 17.4 Å². The number of thioether (sulfide) groups is 1. The Kier molecular flexibility index (Phi) is 4.18. The van der Waals surface area contributed by atoms with Crippen molar-refractivity contribution in [2.75, 3.05) is 6.61 Å². The molecule has 2 aliphatic rings. The van der Waals surface area contributed by atoms with Crippen molar-refractivity contribution in [1.82, 2.24) is 0 Å². The number of hydrogen-bond donors (Lipinski definition) is 0. The Hall–Kier alpha value is -2.30. The molecule has 0 aromatic heterocycles. The summed E-state index contributed by atoms with van der Waals surface area (Å²) in [6, 6.07) is 20.6. The number of fused-ring (bicyclic) bond motifs is 4. The maximum Gasteiger partial charge on any atom is 0.128 e. The average molecular weight is 396 g/mol. The monoisotopic (exact) mass is 395 g/mol. The van der Waals surface area contributed by atoms with E-state index in [1.54, 1.807) is 17.8 Å². The Labute approximate surface area is 166 Å². The largest absolute Gasteiger partial charge is 0.492 e. The lowest BCUT2D eigenvalue weighted by Crippen LogP contribution is -2.32. The van der Waals surface area contributed by atoms with Gasteiger partial charge in [0.05, 0.1) is 23.9 Å². The molecule has 0 amide bonds. The van der Waals surface area contributed by atoms with Crippen molar-refractivity contribution < 1.29 is 9.13 Å². The van der Waals surface area contributed by atoms with E-state index in [9.17, 15) is 4.39 Å². The SMILES string of the molecule is Fc1ccc2c(c1)C1=Nc3ccccc3S[C@H](c3ccc(Cl)cc3)[C@@H]1CO2. The molecule has 2 nitrogen and oxygen atoms in total. The second-order valence-electron chi connectivity index (χ2n) is 6.61. The molecule has 3 aromatic carbocycles. The van der Waals surface area contributed by atoms with Crippen LogP contribution in [0.3, 0.4) is 0 Å². The van der Waals surface area contributed by atoms with Crippen molar-refractivity contribution in [3.63, 3.8) is 0 Å². The summed E-state index contributed by atoms with van der Waals surface area (Å²) in [5, 5.41) is 0.806. The highest BCUT2D eigenvalue weighted by atomic mass is 35.5. The van der Waals surface area contributed by atoms with E-state index >= 15 is 0 Å². The molecule has 0 aliphatic carbocycles. The topological polar surface area (TPSA) is 21.6 Å². The van der Waals surface area contributed by atoms with Gasteiger partial charge >= 0.3 is 0 Å². The number of rotatable bonds is 1. The van der Waals surface area contributed by atoms with Gasteiger partial charge in [-0.15, -0.1) is 11.8 Å². The fraction of sp³-hybridized carbons (Fsp3) is 0.136. The zero-order valence-corrected chi connectivity index (χ0v) is 15.8. The maximum absolute atomic E-state index is 14.0. The molecule has 2 heterocycles. The predicted molar refractivity (Wildman–Crippen MR) is 108 cm³/mol. The van der Waals surface area contributed by atoms with Crippen LogP contribution in [0.1, 0.15) is 16.4 Å². The van der Waals surface area contributed by atoms with Gasteiger partial charge in [0.1, 0.15) is 11.6 Å². The Bertz CT molecular complexity index is 1050. The van der Waals surface area contributed by atoms with Gasteiger partial charge in [0, 0.05) is 20.7 Å². The van der Waals surface area contributed by atoms with Crippen LogP contribution in [-0.2, 0) is 0 Å².